The van der Waals surface area contributed by atoms with Crippen molar-refractivity contribution in [2.75, 3.05) is 18.6 Å². The Balaban J connectivity index is 3.05. The van der Waals surface area contributed by atoms with Crippen molar-refractivity contribution in [1.82, 2.24) is 0 Å². The number of carbonyl (C=O) groups is 1. The van der Waals surface area contributed by atoms with Crippen LogP contribution in [0.15, 0.2) is 24.3 Å². The van der Waals surface area contributed by atoms with Gasteiger partial charge in [-0.05, 0) is 19.1 Å². The highest BCUT2D eigenvalue weighted by Crippen LogP contribution is 2.27. The summed E-state index contributed by atoms with van der Waals surface area (Å²) in [6, 6.07) is 6.13. The standard InChI is InChI=1S/C13H16F3NO3/c1-9(20-10(2)18)17(8-13(14,15)16)11-5-4-6-12(7-11)19-3/h4-7,9H,8H2,1-3H3. The van der Waals surface area contributed by atoms with E-state index >= 15 is 0 Å². The molecular weight excluding hydrogens is 275 g/mol. The molecule has 1 atom stereocenters. The molecule has 1 rings (SSSR count). The third-order valence-corrected chi connectivity index (χ3v) is 2.51. The van der Waals surface area contributed by atoms with Gasteiger partial charge in [-0.2, -0.15) is 13.2 Å². The Labute approximate surface area is 115 Å². The van der Waals surface area contributed by atoms with Gasteiger partial charge in [0.2, 0.25) is 0 Å². The van der Waals surface area contributed by atoms with E-state index in [2.05, 4.69) is 0 Å². The van der Waals surface area contributed by atoms with Crippen LogP contribution in [-0.4, -0.2) is 32.0 Å². The summed E-state index contributed by atoms with van der Waals surface area (Å²) in [6.45, 7) is 1.30. The van der Waals surface area contributed by atoms with Gasteiger partial charge in [0.1, 0.15) is 12.3 Å². The molecule has 7 heteroatoms. The fraction of sp³-hybridized carbons (Fsp3) is 0.462. The van der Waals surface area contributed by atoms with Crippen LogP contribution in [0.3, 0.4) is 0 Å². The second-order valence-corrected chi connectivity index (χ2v) is 4.15. The Hall–Kier alpha value is -1.92. The highest BCUT2D eigenvalue weighted by Gasteiger charge is 2.34. The first-order valence-corrected chi connectivity index (χ1v) is 5.87. The summed E-state index contributed by atoms with van der Waals surface area (Å²) in [4.78, 5) is 11.9. The first-order chi connectivity index (χ1) is 9.23. The van der Waals surface area contributed by atoms with E-state index < -0.39 is 24.9 Å². The van der Waals surface area contributed by atoms with Crippen LogP contribution < -0.4 is 9.64 Å². The monoisotopic (exact) mass is 291 g/mol. The summed E-state index contributed by atoms with van der Waals surface area (Å²) in [5, 5.41) is 0. The van der Waals surface area contributed by atoms with Gasteiger partial charge in [0, 0.05) is 18.7 Å². The maximum Gasteiger partial charge on any atom is 0.406 e. The van der Waals surface area contributed by atoms with Gasteiger partial charge in [-0.25, -0.2) is 0 Å². The summed E-state index contributed by atoms with van der Waals surface area (Å²) >= 11 is 0. The number of benzene rings is 1. The van der Waals surface area contributed by atoms with Crippen molar-refractivity contribution < 1.29 is 27.4 Å². The average Bonchev–Trinajstić information content (AvgIpc) is 2.34. The number of anilines is 1. The highest BCUT2D eigenvalue weighted by molar-refractivity contribution is 5.66. The molecule has 20 heavy (non-hydrogen) atoms. The number of halogens is 3. The number of ether oxygens (including phenoxy) is 2. The quantitative estimate of drug-likeness (QED) is 0.617. The van der Waals surface area contributed by atoms with E-state index in [4.69, 9.17) is 9.47 Å². The molecule has 0 spiro atoms. The molecule has 0 saturated heterocycles. The third kappa shape index (κ3) is 4.99. The Morgan fingerprint density at radius 3 is 2.55 bits per heavy atom. The molecule has 0 heterocycles. The van der Waals surface area contributed by atoms with E-state index in [1.54, 1.807) is 12.1 Å². The van der Waals surface area contributed by atoms with Crippen LogP contribution in [0.4, 0.5) is 18.9 Å². The Bertz CT molecular complexity index is 462. The van der Waals surface area contributed by atoms with Gasteiger partial charge in [0.15, 0.2) is 6.23 Å². The number of nitrogens with zero attached hydrogens (tertiary/aromatic N) is 1. The van der Waals surface area contributed by atoms with Crippen molar-refractivity contribution in [2.45, 2.75) is 26.3 Å². The lowest BCUT2D eigenvalue weighted by Crippen LogP contribution is -2.42. The van der Waals surface area contributed by atoms with Crippen LogP contribution in [-0.2, 0) is 9.53 Å². The fourth-order valence-corrected chi connectivity index (χ4v) is 1.72. The molecule has 0 aliphatic carbocycles. The molecule has 0 aliphatic heterocycles. The van der Waals surface area contributed by atoms with Crippen LogP contribution in [0, 0.1) is 0 Å². The molecule has 0 aromatic heterocycles. The topological polar surface area (TPSA) is 38.8 Å². The van der Waals surface area contributed by atoms with E-state index in [-0.39, 0.29) is 5.69 Å². The second-order valence-electron chi connectivity index (χ2n) is 4.15. The van der Waals surface area contributed by atoms with Crippen LogP contribution in [0.2, 0.25) is 0 Å². The smallest absolute Gasteiger partial charge is 0.406 e. The average molecular weight is 291 g/mol. The van der Waals surface area contributed by atoms with Gasteiger partial charge < -0.3 is 14.4 Å². The van der Waals surface area contributed by atoms with Crippen molar-refractivity contribution in [3.05, 3.63) is 24.3 Å². The highest BCUT2D eigenvalue weighted by atomic mass is 19.4. The minimum atomic E-state index is -4.42. The van der Waals surface area contributed by atoms with Gasteiger partial charge >= 0.3 is 12.1 Å². The van der Waals surface area contributed by atoms with Gasteiger partial charge in [-0.15, -0.1) is 0 Å². The molecule has 4 nitrogen and oxygen atoms in total. The Kier molecular flexibility index (Phi) is 5.24. The zero-order valence-electron chi connectivity index (χ0n) is 11.4. The maximum atomic E-state index is 12.7. The van der Waals surface area contributed by atoms with E-state index in [9.17, 15) is 18.0 Å². The predicted molar refractivity (Wildman–Crippen MR) is 67.6 cm³/mol. The van der Waals surface area contributed by atoms with Crippen LogP contribution in [0.25, 0.3) is 0 Å². The van der Waals surface area contributed by atoms with E-state index in [1.807, 2.05) is 0 Å². The third-order valence-electron chi connectivity index (χ3n) is 2.51. The van der Waals surface area contributed by atoms with Gasteiger partial charge in [-0.3, -0.25) is 4.79 Å². The van der Waals surface area contributed by atoms with Gasteiger partial charge in [0.05, 0.1) is 7.11 Å². The molecule has 0 N–H and O–H groups in total. The van der Waals surface area contributed by atoms with Crippen molar-refractivity contribution in [3.8, 4) is 5.75 Å². The molecule has 0 radical (unpaired) electrons. The second kappa shape index (κ2) is 6.49. The van der Waals surface area contributed by atoms with Crippen molar-refractivity contribution in [1.29, 1.82) is 0 Å². The first kappa shape index (κ1) is 16.1. The molecule has 1 aromatic carbocycles. The lowest BCUT2D eigenvalue weighted by molar-refractivity contribution is -0.149. The molecular formula is C13H16F3NO3. The van der Waals surface area contributed by atoms with Crippen molar-refractivity contribution in [2.24, 2.45) is 0 Å². The summed E-state index contributed by atoms with van der Waals surface area (Å²) in [5.41, 5.74) is 0.260. The van der Waals surface area contributed by atoms with Crippen LogP contribution >= 0.6 is 0 Å². The lowest BCUT2D eigenvalue weighted by Gasteiger charge is -2.31. The molecule has 1 unspecified atom stereocenters. The summed E-state index contributed by atoms with van der Waals surface area (Å²) in [5.74, 6) is -0.225. The number of hydrogen-bond donors (Lipinski definition) is 0. The van der Waals surface area contributed by atoms with E-state index in [1.165, 1.54) is 26.2 Å². The SMILES string of the molecule is COc1cccc(N(CC(F)(F)F)C(C)OC(C)=O)c1. The molecule has 0 bridgehead atoms. The number of esters is 1. The number of hydrogen-bond acceptors (Lipinski definition) is 4. The zero-order valence-corrected chi connectivity index (χ0v) is 11.4. The molecule has 0 saturated carbocycles. The zero-order chi connectivity index (χ0) is 15.3. The largest absolute Gasteiger partial charge is 0.497 e. The predicted octanol–water partition coefficient (Wildman–Crippen LogP) is 2.97. The molecule has 0 fully saturated rings. The van der Waals surface area contributed by atoms with Crippen molar-refractivity contribution >= 4 is 11.7 Å². The molecule has 1 aromatic rings. The van der Waals surface area contributed by atoms with E-state index in [0.717, 1.165) is 11.8 Å². The fourth-order valence-electron chi connectivity index (χ4n) is 1.72. The summed E-state index contributed by atoms with van der Waals surface area (Å²) in [6.07, 6.45) is -5.46. The normalized spacial score (nSPS) is 12.7. The van der Waals surface area contributed by atoms with Gasteiger partial charge in [-0.1, -0.05) is 6.07 Å². The number of rotatable bonds is 5. The maximum absolute atomic E-state index is 12.7. The number of alkyl halides is 3. The minimum absolute atomic E-state index is 0.260. The Morgan fingerprint density at radius 1 is 1.40 bits per heavy atom. The van der Waals surface area contributed by atoms with Crippen LogP contribution in [0.1, 0.15) is 13.8 Å². The molecule has 0 amide bonds. The van der Waals surface area contributed by atoms with E-state index in [0.29, 0.717) is 5.75 Å². The number of carbonyl (C=O) groups excluding carboxylic acids is 1. The molecule has 0 aliphatic rings. The van der Waals surface area contributed by atoms with Gasteiger partial charge in [0.25, 0.3) is 0 Å². The number of methoxy groups -OCH3 is 1. The van der Waals surface area contributed by atoms with Crippen molar-refractivity contribution in [3.63, 3.8) is 0 Å². The molecule has 112 valence electrons. The summed E-state index contributed by atoms with van der Waals surface area (Å²) < 4.78 is 47.8. The lowest BCUT2D eigenvalue weighted by atomic mass is 10.2. The summed E-state index contributed by atoms with van der Waals surface area (Å²) in [7, 11) is 1.42. The van der Waals surface area contributed by atoms with Crippen LogP contribution in [0.5, 0.6) is 5.75 Å². The minimum Gasteiger partial charge on any atom is -0.497 e. The Morgan fingerprint density at radius 2 is 2.05 bits per heavy atom. The first-order valence-electron chi connectivity index (χ1n) is 5.87.